The van der Waals surface area contributed by atoms with E-state index >= 15 is 0 Å². The summed E-state index contributed by atoms with van der Waals surface area (Å²) < 4.78 is 3.96. The van der Waals surface area contributed by atoms with Gasteiger partial charge in [0.2, 0.25) is 0 Å². The lowest BCUT2D eigenvalue weighted by Gasteiger charge is -1.96. The minimum atomic E-state index is 0. The Hall–Kier alpha value is -0.850. The van der Waals surface area contributed by atoms with Gasteiger partial charge in [-0.05, 0) is 12.8 Å². The Morgan fingerprint density at radius 2 is 2.40 bits per heavy atom. The number of nitrogens with zero attached hydrogens (tertiary/aromatic N) is 3. The van der Waals surface area contributed by atoms with Gasteiger partial charge in [-0.1, -0.05) is 11.2 Å². The fourth-order valence-corrected chi connectivity index (χ4v) is 1.35. The van der Waals surface area contributed by atoms with Crippen molar-refractivity contribution in [3.63, 3.8) is 0 Å². The summed E-state index contributed by atoms with van der Waals surface area (Å²) in [5.41, 5.74) is 0. The van der Waals surface area contributed by atoms with Crippen LogP contribution in [0.3, 0.4) is 0 Å². The number of hydrogen-bond acceptors (Lipinski definition) is 2. The van der Waals surface area contributed by atoms with Gasteiger partial charge in [-0.15, -0.1) is 6.58 Å². The van der Waals surface area contributed by atoms with Crippen molar-refractivity contribution < 1.29 is 33.8 Å². The first-order valence-electron chi connectivity index (χ1n) is 4.62. The maximum Gasteiger partial charge on any atom is 0.303 e. The summed E-state index contributed by atoms with van der Waals surface area (Å²) in [5, 5.41) is 11.5. The van der Waals surface area contributed by atoms with E-state index in [0.717, 1.165) is 25.2 Å². The van der Waals surface area contributed by atoms with Gasteiger partial charge in [0.1, 0.15) is 12.4 Å². The molecule has 1 rings (SSSR count). The van der Waals surface area contributed by atoms with Gasteiger partial charge in [-0.2, -0.15) is 0 Å². The van der Waals surface area contributed by atoms with E-state index in [1.807, 2.05) is 34.7 Å². The fraction of sp³-hybridized carbons (Fsp3) is 0.400. The average Bonchev–Trinajstić information content (AvgIpc) is 2.51. The van der Waals surface area contributed by atoms with E-state index in [0.29, 0.717) is 0 Å². The molecule has 1 aromatic rings. The topological polar surface area (TPSA) is 41.4 Å². The molecule has 0 aliphatic rings. The number of imidazole rings is 1. The predicted molar refractivity (Wildman–Crippen MR) is 54.4 cm³/mol. The molecule has 0 aliphatic carbocycles. The molecule has 0 aliphatic heterocycles. The van der Waals surface area contributed by atoms with Gasteiger partial charge in [0.15, 0.2) is 6.21 Å². The number of hydrogen-bond donors (Lipinski definition) is 1. The Morgan fingerprint density at radius 1 is 1.67 bits per heavy atom. The number of unbranched alkanes of at least 4 members (excludes halogenated alkanes) is 1. The van der Waals surface area contributed by atoms with Crippen LogP contribution < -0.4 is 28.5 Å². The first kappa shape index (κ1) is 14.2. The third kappa shape index (κ3) is 4.03. The van der Waals surface area contributed by atoms with Crippen LogP contribution in [-0.2, 0) is 13.6 Å². The SMILES string of the molecule is C=CCCCn1cc[n+](C)c1C=NO.[I-]. The molecule has 15 heavy (non-hydrogen) atoms. The van der Waals surface area contributed by atoms with E-state index in [1.54, 1.807) is 0 Å². The number of halogens is 1. The van der Waals surface area contributed by atoms with E-state index in [9.17, 15) is 0 Å². The molecule has 1 aromatic heterocycles. The highest BCUT2D eigenvalue weighted by molar-refractivity contribution is 5.72. The van der Waals surface area contributed by atoms with Gasteiger partial charge in [-0.25, -0.2) is 9.13 Å². The van der Waals surface area contributed by atoms with E-state index in [-0.39, 0.29) is 24.0 Å². The summed E-state index contributed by atoms with van der Waals surface area (Å²) >= 11 is 0. The summed E-state index contributed by atoms with van der Waals surface area (Å²) in [7, 11) is 1.92. The lowest BCUT2D eigenvalue weighted by Crippen LogP contribution is -3.00. The molecule has 0 radical (unpaired) electrons. The Kier molecular flexibility index (Phi) is 7.02. The molecule has 0 amide bonds. The van der Waals surface area contributed by atoms with Gasteiger partial charge in [0, 0.05) is 0 Å². The molecule has 0 aromatic carbocycles. The van der Waals surface area contributed by atoms with Crippen LogP contribution in [0.25, 0.3) is 0 Å². The molecule has 0 spiro atoms. The molecule has 5 heteroatoms. The highest BCUT2D eigenvalue weighted by Crippen LogP contribution is 1.98. The number of aromatic nitrogens is 2. The van der Waals surface area contributed by atoms with Crippen LogP contribution in [0.15, 0.2) is 30.2 Å². The minimum Gasteiger partial charge on any atom is -1.00 e. The highest BCUT2D eigenvalue weighted by atomic mass is 127. The molecule has 4 nitrogen and oxygen atoms in total. The van der Waals surface area contributed by atoms with Crippen molar-refractivity contribution >= 4 is 6.21 Å². The lowest BCUT2D eigenvalue weighted by atomic mass is 10.3. The van der Waals surface area contributed by atoms with Crippen molar-refractivity contribution in [3.05, 3.63) is 30.9 Å². The summed E-state index contributed by atoms with van der Waals surface area (Å²) in [4.78, 5) is 0. The maximum absolute atomic E-state index is 8.49. The Balaban J connectivity index is 0.00000196. The monoisotopic (exact) mass is 321 g/mol. The molecule has 0 fully saturated rings. The normalized spacial score (nSPS) is 10.2. The second kappa shape index (κ2) is 7.44. The van der Waals surface area contributed by atoms with Crippen molar-refractivity contribution in [3.8, 4) is 0 Å². The van der Waals surface area contributed by atoms with E-state index in [4.69, 9.17) is 5.21 Å². The number of rotatable bonds is 5. The van der Waals surface area contributed by atoms with Crippen LogP contribution in [0.5, 0.6) is 0 Å². The number of aryl methyl sites for hydroxylation is 2. The largest absolute Gasteiger partial charge is 1.00 e. The Bertz CT molecular complexity index is 333. The molecule has 84 valence electrons. The second-order valence-electron chi connectivity index (χ2n) is 3.14. The standard InChI is InChI=1S/C10H15N3O.HI/c1-3-4-5-6-13-8-7-12(2)10(13)9-11-14;/h3,7-9H,1,4-6H2,2H3;1H. The highest BCUT2D eigenvalue weighted by Gasteiger charge is 2.10. The zero-order valence-electron chi connectivity index (χ0n) is 8.80. The van der Waals surface area contributed by atoms with E-state index < -0.39 is 0 Å². The van der Waals surface area contributed by atoms with Gasteiger partial charge in [0.05, 0.1) is 13.6 Å². The zero-order chi connectivity index (χ0) is 10.4. The zero-order valence-corrected chi connectivity index (χ0v) is 11.0. The van der Waals surface area contributed by atoms with Gasteiger partial charge in [0.25, 0.3) is 0 Å². The Morgan fingerprint density at radius 3 is 3.00 bits per heavy atom. The van der Waals surface area contributed by atoms with Crippen molar-refractivity contribution in [2.75, 3.05) is 0 Å². The van der Waals surface area contributed by atoms with E-state index in [1.165, 1.54) is 6.21 Å². The van der Waals surface area contributed by atoms with E-state index in [2.05, 4.69) is 11.7 Å². The average molecular weight is 321 g/mol. The minimum absolute atomic E-state index is 0. The Labute approximate surface area is 107 Å². The molecule has 0 saturated heterocycles. The van der Waals surface area contributed by atoms with Gasteiger partial charge < -0.3 is 29.2 Å². The molecular formula is C10H16IN3O. The quantitative estimate of drug-likeness (QED) is 0.129. The molecule has 0 atom stereocenters. The van der Waals surface area contributed by atoms with Gasteiger partial charge in [-0.3, -0.25) is 0 Å². The smallest absolute Gasteiger partial charge is 0.303 e. The first-order valence-corrected chi connectivity index (χ1v) is 4.62. The summed E-state index contributed by atoms with van der Waals surface area (Å²) in [6.07, 6.45) is 9.30. The molecule has 0 saturated carbocycles. The number of oxime groups is 1. The molecule has 1 N–H and O–H groups in total. The lowest BCUT2D eigenvalue weighted by molar-refractivity contribution is -0.671. The van der Waals surface area contributed by atoms with Crippen molar-refractivity contribution in [2.24, 2.45) is 12.2 Å². The van der Waals surface area contributed by atoms with Crippen LogP contribution in [0.4, 0.5) is 0 Å². The van der Waals surface area contributed by atoms with Gasteiger partial charge >= 0.3 is 5.82 Å². The van der Waals surface area contributed by atoms with Crippen LogP contribution in [0, 0.1) is 0 Å². The van der Waals surface area contributed by atoms with Crippen LogP contribution in [0.2, 0.25) is 0 Å². The third-order valence-corrected chi connectivity index (χ3v) is 2.11. The second-order valence-corrected chi connectivity index (χ2v) is 3.14. The molecule has 0 bridgehead atoms. The van der Waals surface area contributed by atoms with Crippen molar-refractivity contribution in [1.29, 1.82) is 0 Å². The van der Waals surface area contributed by atoms with Crippen molar-refractivity contribution in [1.82, 2.24) is 4.57 Å². The molecule has 0 unspecified atom stereocenters. The van der Waals surface area contributed by atoms with Crippen molar-refractivity contribution in [2.45, 2.75) is 19.4 Å². The van der Waals surface area contributed by atoms with Crippen LogP contribution in [-0.4, -0.2) is 16.0 Å². The number of allylic oxidation sites excluding steroid dienone is 1. The summed E-state index contributed by atoms with van der Waals surface area (Å²) in [5.74, 6) is 0.886. The molecule has 1 heterocycles. The molecular weight excluding hydrogens is 305 g/mol. The van der Waals surface area contributed by atoms with Crippen LogP contribution >= 0.6 is 0 Å². The maximum atomic E-state index is 8.49. The third-order valence-electron chi connectivity index (χ3n) is 2.11. The summed E-state index contributed by atoms with van der Waals surface area (Å²) in [6.45, 7) is 4.59. The van der Waals surface area contributed by atoms with Crippen LogP contribution in [0.1, 0.15) is 18.7 Å². The predicted octanol–water partition coefficient (Wildman–Crippen LogP) is -1.91. The fourth-order valence-electron chi connectivity index (χ4n) is 1.35. The first-order chi connectivity index (χ1) is 6.79. The summed E-state index contributed by atoms with van der Waals surface area (Å²) in [6, 6.07) is 0.